The molecule has 2 fully saturated rings. The van der Waals surface area contributed by atoms with Crippen LogP contribution in [0.15, 0.2) is 0 Å². The second kappa shape index (κ2) is 6.67. The van der Waals surface area contributed by atoms with Crippen molar-refractivity contribution in [3.63, 3.8) is 0 Å². The summed E-state index contributed by atoms with van der Waals surface area (Å²) in [6.07, 6.45) is 6.76. The first-order chi connectivity index (χ1) is 9.94. The first-order valence-electron chi connectivity index (χ1n) is 8.22. The monoisotopic (exact) mass is 296 g/mol. The minimum Gasteiger partial charge on any atom is -0.481 e. The zero-order chi connectivity index (χ0) is 15.5. The Morgan fingerprint density at radius 3 is 2.43 bits per heavy atom. The van der Waals surface area contributed by atoms with Gasteiger partial charge in [-0.3, -0.25) is 4.79 Å². The van der Waals surface area contributed by atoms with Crippen LogP contribution in [0.25, 0.3) is 0 Å². The quantitative estimate of drug-likeness (QED) is 0.683. The molecule has 3 N–H and O–H groups in total. The zero-order valence-corrected chi connectivity index (χ0v) is 13.2. The van der Waals surface area contributed by atoms with Crippen molar-refractivity contribution in [2.75, 3.05) is 6.54 Å². The summed E-state index contributed by atoms with van der Waals surface area (Å²) >= 11 is 0. The summed E-state index contributed by atoms with van der Waals surface area (Å²) < 4.78 is 0. The molecular formula is C16H28N2O3. The number of urea groups is 1. The molecule has 2 saturated carbocycles. The van der Waals surface area contributed by atoms with Crippen LogP contribution in [0.5, 0.6) is 0 Å². The van der Waals surface area contributed by atoms with E-state index in [1.54, 1.807) is 0 Å². The summed E-state index contributed by atoms with van der Waals surface area (Å²) in [4.78, 5) is 23.4. The Kier molecular flexibility index (Phi) is 5.12. The Bertz CT molecular complexity index is 391. The van der Waals surface area contributed by atoms with Crippen LogP contribution in [-0.2, 0) is 4.79 Å². The van der Waals surface area contributed by atoms with Crippen LogP contribution in [0.3, 0.4) is 0 Å². The van der Waals surface area contributed by atoms with Gasteiger partial charge in [0.05, 0.1) is 5.92 Å². The third-order valence-corrected chi connectivity index (χ3v) is 5.37. The van der Waals surface area contributed by atoms with Crippen molar-refractivity contribution in [2.45, 2.75) is 64.8 Å². The van der Waals surface area contributed by atoms with Gasteiger partial charge in [0.15, 0.2) is 0 Å². The van der Waals surface area contributed by atoms with E-state index in [1.165, 1.54) is 12.8 Å². The predicted octanol–water partition coefficient (Wildman–Crippen LogP) is 2.76. The molecule has 2 amide bonds. The van der Waals surface area contributed by atoms with Crippen LogP contribution in [0.1, 0.15) is 58.8 Å². The van der Waals surface area contributed by atoms with Crippen molar-refractivity contribution < 1.29 is 14.7 Å². The van der Waals surface area contributed by atoms with Gasteiger partial charge in [-0.05, 0) is 37.0 Å². The molecule has 0 radical (unpaired) electrons. The van der Waals surface area contributed by atoms with Gasteiger partial charge >= 0.3 is 12.0 Å². The van der Waals surface area contributed by atoms with Crippen molar-refractivity contribution >= 4 is 12.0 Å². The fraction of sp³-hybridized carbons (Fsp3) is 0.875. The molecule has 5 nitrogen and oxygen atoms in total. The topological polar surface area (TPSA) is 78.4 Å². The molecule has 0 aromatic heterocycles. The van der Waals surface area contributed by atoms with Crippen molar-refractivity contribution in [1.82, 2.24) is 10.6 Å². The van der Waals surface area contributed by atoms with E-state index in [2.05, 4.69) is 24.5 Å². The van der Waals surface area contributed by atoms with Crippen LogP contribution in [0, 0.1) is 17.3 Å². The molecule has 21 heavy (non-hydrogen) atoms. The third kappa shape index (κ3) is 4.11. The summed E-state index contributed by atoms with van der Waals surface area (Å²) in [5, 5.41) is 15.2. The lowest BCUT2D eigenvalue weighted by Gasteiger charge is -2.25. The molecule has 5 heteroatoms. The Hall–Kier alpha value is -1.26. The molecule has 0 saturated heterocycles. The van der Waals surface area contributed by atoms with E-state index in [0.29, 0.717) is 18.9 Å². The van der Waals surface area contributed by atoms with Gasteiger partial charge in [-0.25, -0.2) is 4.79 Å². The maximum absolute atomic E-state index is 12.1. The van der Waals surface area contributed by atoms with Crippen LogP contribution >= 0.6 is 0 Å². The second-order valence-electron chi connectivity index (χ2n) is 7.03. The van der Waals surface area contributed by atoms with E-state index >= 15 is 0 Å². The van der Waals surface area contributed by atoms with Gasteiger partial charge in [-0.1, -0.05) is 33.1 Å². The maximum atomic E-state index is 12.1. The molecule has 2 atom stereocenters. The fourth-order valence-electron chi connectivity index (χ4n) is 3.37. The molecule has 2 unspecified atom stereocenters. The summed E-state index contributed by atoms with van der Waals surface area (Å²) in [6.45, 7) is 5.08. The van der Waals surface area contributed by atoms with Gasteiger partial charge in [0.2, 0.25) is 0 Å². The average molecular weight is 296 g/mol. The number of hydrogen-bond acceptors (Lipinski definition) is 2. The first kappa shape index (κ1) is 16.1. The number of hydrogen-bond donors (Lipinski definition) is 3. The lowest BCUT2D eigenvalue weighted by atomic mass is 9.92. The first-order valence-corrected chi connectivity index (χ1v) is 8.22. The smallest absolute Gasteiger partial charge is 0.315 e. The van der Waals surface area contributed by atoms with Gasteiger partial charge in [0, 0.05) is 12.6 Å². The number of carboxylic acid groups (broad SMARTS) is 1. The van der Waals surface area contributed by atoms with Gasteiger partial charge in [0.1, 0.15) is 0 Å². The fourth-order valence-corrected chi connectivity index (χ4v) is 3.37. The highest BCUT2D eigenvalue weighted by Crippen LogP contribution is 2.51. The van der Waals surface area contributed by atoms with E-state index in [9.17, 15) is 14.7 Å². The molecule has 0 heterocycles. The van der Waals surface area contributed by atoms with Crippen LogP contribution in [-0.4, -0.2) is 29.7 Å². The summed E-state index contributed by atoms with van der Waals surface area (Å²) in [7, 11) is 0. The maximum Gasteiger partial charge on any atom is 0.315 e. The molecule has 0 aliphatic heterocycles. The van der Waals surface area contributed by atoms with Gasteiger partial charge in [-0.15, -0.1) is 0 Å². The SMILES string of the molecule is CC(C)C1(CNC(=O)NC2CCCCCC2C(=O)O)CC1. The Morgan fingerprint density at radius 2 is 1.86 bits per heavy atom. The number of nitrogens with one attached hydrogen (secondary N) is 2. The number of carbonyl (C=O) groups is 2. The number of carbonyl (C=O) groups excluding carboxylic acids is 1. The van der Waals surface area contributed by atoms with E-state index in [1.807, 2.05) is 0 Å². The van der Waals surface area contributed by atoms with Crippen molar-refractivity contribution in [3.8, 4) is 0 Å². The molecule has 0 bridgehead atoms. The summed E-state index contributed by atoms with van der Waals surface area (Å²) in [5.41, 5.74) is 0.271. The number of carboxylic acids is 1. The van der Waals surface area contributed by atoms with Crippen molar-refractivity contribution in [3.05, 3.63) is 0 Å². The van der Waals surface area contributed by atoms with Gasteiger partial charge < -0.3 is 15.7 Å². The Morgan fingerprint density at radius 1 is 1.19 bits per heavy atom. The zero-order valence-electron chi connectivity index (χ0n) is 13.2. The van der Waals surface area contributed by atoms with Crippen molar-refractivity contribution in [2.24, 2.45) is 17.3 Å². The van der Waals surface area contributed by atoms with Crippen molar-refractivity contribution in [1.29, 1.82) is 0 Å². The Labute approximate surface area is 126 Å². The van der Waals surface area contributed by atoms with Gasteiger partial charge in [0.25, 0.3) is 0 Å². The molecule has 2 aliphatic rings. The minimum absolute atomic E-state index is 0.208. The number of rotatable bonds is 5. The molecule has 0 spiro atoms. The minimum atomic E-state index is -0.789. The molecular weight excluding hydrogens is 268 g/mol. The highest BCUT2D eigenvalue weighted by Gasteiger charge is 2.45. The molecule has 0 aromatic rings. The molecule has 2 rings (SSSR count). The lowest BCUT2D eigenvalue weighted by molar-refractivity contribution is -0.142. The summed E-state index contributed by atoms with van der Waals surface area (Å²) in [5.74, 6) is -0.663. The van der Waals surface area contributed by atoms with E-state index < -0.39 is 11.9 Å². The summed E-state index contributed by atoms with van der Waals surface area (Å²) in [6, 6.07) is -0.445. The molecule has 2 aliphatic carbocycles. The normalized spacial score (nSPS) is 27.8. The lowest BCUT2D eigenvalue weighted by Crippen LogP contribution is -2.48. The van der Waals surface area contributed by atoms with E-state index in [-0.39, 0.29) is 17.5 Å². The van der Waals surface area contributed by atoms with Crippen LogP contribution in [0.2, 0.25) is 0 Å². The number of aliphatic carboxylic acids is 1. The molecule has 0 aromatic carbocycles. The third-order valence-electron chi connectivity index (χ3n) is 5.37. The average Bonchev–Trinajstić information content (AvgIpc) is 3.21. The van der Waals surface area contributed by atoms with Crippen LogP contribution < -0.4 is 10.6 Å². The van der Waals surface area contributed by atoms with E-state index in [0.717, 1.165) is 25.7 Å². The highest BCUT2D eigenvalue weighted by molar-refractivity contribution is 5.76. The highest BCUT2D eigenvalue weighted by atomic mass is 16.4. The number of amides is 2. The predicted molar refractivity (Wildman–Crippen MR) is 81.0 cm³/mol. The van der Waals surface area contributed by atoms with Crippen LogP contribution in [0.4, 0.5) is 4.79 Å². The van der Waals surface area contributed by atoms with Gasteiger partial charge in [-0.2, -0.15) is 0 Å². The molecule has 120 valence electrons. The Balaban J connectivity index is 1.84. The largest absolute Gasteiger partial charge is 0.481 e. The van der Waals surface area contributed by atoms with E-state index in [4.69, 9.17) is 0 Å². The second-order valence-corrected chi connectivity index (χ2v) is 7.03. The standard InChI is InChI=1S/C16H28N2O3/c1-11(2)16(8-9-16)10-17-15(21)18-13-7-5-3-4-6-12(13)14(19)20/h11-13H,3-10H2,1-2H3,(H,19,20)(H2,17,18,21).